The van der Waals surface area contributed by atoms with E-state index in [0.29, 0.717) is 5.92 Å². The summed E-state index contributed by atoms with van der Waals surface area (Å²) in [5.41, 5.74) is -0.365. The number of urea groups is 1. The molecular formula is C15H28N2O2. The molecule has 19 heavy (non-hydrogen) atoms. The van der Waals surface area contributed by atoms with E-state index in [0.717, 1.165) is 25.7 Å². The molecule has 0 aromatic rings. The van der Waals surface area contributed by atoms with E-state index >= 15 is 0 Å². The van der Waals surface area contributed by atoms with E-state index in [4.69, 9.17) is 0 Å². The average Bonchev–Trinajstić information content (AvgIpc) is 2.88. The lowest BCUT2D eigenvalue weighted by atomic mass is 9.84. The van der Waals surface area contributed by atoms with Crippen LogP contribution in [-0.2, 0) is 0 Å². The van der Waals surface area contributed by atoms with E-state index < -0.39 is 0 Å². The van der Waals surface area contributed by atoms with E-state index in [1.165, 1.54) is 32.1 Å². The predicted molar refractivity (Wildman–Crippen MR) is 76.0 cm³/mol. The van der Waals surface area contributed by atoms with Crippen molar-refractivity contribution in [2.75, 3.05) is 6.61 Å². The number of aliphatic hydroxyl groups is 1. The van der Waals surface area contributed by atoms with Crippen LogP contribution in [0.2, 0.25) is 0 Å². The van der Waals surface area contributed by atoms with Crippen LogP contribution in [0.25, 0.3) is 0 Å². The second-order valence-electron chi connectivity index (χ2n) is 6.43. The summed E-state index contributed by atoms with van der Waals surface area (Å²) >= 11 is 0. The molecule has 2 rings (SSSR count). The minimum absolute atomic E-state index is 0.0538. The number of hydrogen-bond donors (Lipinski definition) is 3. The fourth-order valence-electron chi connectivity index (χ4n) is 3.61. The van der Waals surface area contributed by atoms with Crippen molar-refractivity contribution in [3.8, 4) is 0 Å². The molecule has 2 saturated carbocycles. The number of carbonyl (C=O) groups excluding carboxylic acids is 1. The Morgan fingerprint density at radius 2 is 1.84 bits per heavy atom. The standard InChI is InChI=1S/C15H28N2O2/c1-12(13-7-3-2-4-8-13)16-14(19)17-15(11-18)9-5-6-10-15/h12-13,18H,2-11H2,1H3,(H2,16,17,19). The van der Waals surface area contributed by atoms with E-state index in [9.17, 15) is 9.90 Å². The Balaban J connectivity index is 1.79. The van der Waals surface area contributed by atoms with E-state index in [2.05, 4.69) is 17.6 Å². The maximum Gasteiger partial charge on any atom is 0.315 e. The monoisotopic (exact) mass is 268 g/mol. The molecule has 4 heteroatoms. The molecule has 3 N–H and O–H groups in total. The molecule has 0 bridgehead atoms. The summed E-state index contributed by atoms with van der Waals surface area (Å²) in [5.74, 6) is 0.619. The summed E-state index contributed by atoms with van der Waals surface area (Å²) in [5, 5.41) is 15.6. The minimum atomic E-state index is -0.365. The van der Waals surface area contributed by atoms with Gasteiger partial charge in [0, 0.05) is 6.04 Å². The zero-order valence-corrected chi connectivity index (χ0v) is 12.1. The van der Waals surface area contributed by atoms with Gasteiger partial charge in [0.2, 0.25) is 0 Å². The van der Waals surface area contributed by atoms with E-state index in [1.54, 1.807) is 0 Å². The van der Waals surface area contributed by atoms with Gasteiger partial charge < -0.3 is 15.7 Å². The molecular weight excluding hydrogens is 240 g/mol. The van der Waals surface area contributed by atoms with Gasteiger partial charge in [0.25, 0.3) is 0 Å². The van der Waals surface area contributed by atoms with Crippen LogP contribution >= 0.6 is 0 Å². The summed E-state index contributed by atoms with van der Waals surface area (Å²) in [6.07, 6.45) is 10.4. The summed E-state index contributed by atoms with van der Waals surface area (Å²) in [6.45, 7) is 2.16. The van der Waals surface area contributed by atoms with Gasteiger partial charge in [-0.1, -0.05) is 32.1 Å². The highest BCUT2D eigenvalue weighted by Gasteiger charge is 2.35. The fourth-order valence-corrected chi connectivity index (χ4v) is 3.61. The van der Waals surface area contributed by atoms with Crippen LogP contribution < -0.4 is 10.6 Å². The van der Waals surface area contributed by atoms with Gasteiger partial charge in [-0.2, -0.15) is 0 Å². The van der Waals surface area contributed by atoms with Crippen molar-refractivity contribution in [3.05, 3.63) is 0 Å². The largest absolute Gasteiger partial charge is 0.394 e. The highest BCUT2D eigenvalue weighted by Crippen LogP contribution is 2.29. The Bertz CT molecular complexity index is 295. The second-order valence-corrected chi connectivity index (χ2v) is 6.43. The maximum atomic E-state index is 12.1. The van der Waals surface area contributed by atoms with Gasteiger partial charge in [0.1, 0.15) is 0 Å². The Kier molecular flexibility index (Phi) is 5.08. The summed E-state index contributed by atoms with van der Waals surface area (Å²) in [7, 11) is 0. The summed E-state index contributed by atoms with van der Waals surface area (Å²) < 4.78 is 0. The Labute approximate surface area is 116 Å². The molecule has 0 heterocycles. The molecule has 0 aromatic heterocycles. The van der Waals surface area contributed by atoms with Crippen LogP contribution in [0.4, 0.5) is 4.79 Å². The molecule has 2 aliphatic rings. The lowest BCUT2D eigenvalue weighted by Crippen LogP contribution is -2.55. The Morgan fingerprint density at radius 3 is 2.42 bits per heavy atom. The first-order chi connectivity index (χ1) is 9.15. The molecule has 110 valence electrons. The third-order valence-corrected chi connectivity index (χ3v) is 4.96. The Hall–Kier alpha value is -0.770. The molecule has 0 aliphatic heterocycles. The molecule has 2 aliphatic carbocycles. The van der Waals surface area contributed by atoms with Crippen molar-refractivity contribution < 1.29 is 9.90 Å². The van der Waals surface area contributed by atoms with Gasteiger partial charge in [0.15, 0.2) is 0 Å². The van der Waals surface area contributed by atoms with Gasteiger partial charge in [-0.05, 0) is 38.5 Å². The van der Waals surface area contributed by atoms with Crippen LogP contribution in [0.15, 0.2) is 0 Å². The maximum absolute atomic E-state index is 12.1. The normalized spacial score (nSPS) is 24.9. The molecule has 2 fully saturated rings. The fraction of sp³-hybridized carbons (Fsp3) is 0.933. The van der Waals surface area contributed by atoms with Crippen molar-refractivity contribution in [1.82, 2.24) is 10.6 Å². The molecule has 0 radical (unpaired) electrons. The number of hydrogen-bond acceptors (Lipinski definition) is 2. The number of carbonyl (C=O) groups is 1. The van der Waals surface area contributed by atoms with Crippen LogP contribution in [0.5, 0.6) is 0 Å². The zero-order chi connectivity index (χ0) is 13.7. The van der Waals surface area contributed by atoms with E-state index in [1.807, 2.05) is 0 Å². The van der Waals surface area contributed by atoms with Crippen molar-refractivity contribution in [3.63, 3.8) is 0 Å². The van der Waals surface area contributed by atoms with Crippen molar-refractivity contribution in [2.45, 2.75) is 76.3 Å². The molecule has 0 spiro atoms. The molecule has 4 nitrogen and oxygen atoms in total. The first kappa shape index (κ1) is 14.6. The molecule has 1 unspecified atom stereocenters. The minimum Gasteiger partial charge on any atom is -0.394 e. The van der Waals surface area contributed by atoms with Crippen LogP contribution in [0.1, 0.15) is 64.7 Å². The van der Waals surface area contributed by atoms with Gasteiger partial charge in [-0.3, -0.25) is 0 Å². The first-order valence-corrected chi connectivity index (χ1v) is 7.85. The summed E-state index contributed by atoms with van der Waals surface area (Å²) in [6, 6.07) is 0.131. The molecule has 0 saturated heterocycles. The van der Waals surface area contributed by atoms with Gasteiger partial charge in [-0.15, -0.1) is 0 Å². The van der Waals surface area contributed by atoms with Crippen molar-refractivity contribution in [1.29, 1.82) is 0 Å². The van der Waals surface area contributed by atoms with Gasteiger partial charge >= 0.3 is 6.03 Å². The van der Waals surface area contributed by atoms with Crippen LogP contribution in [-0.4, -0.2) is 29.3 Å². The molecule has 1 atom stereocenters. The van der Waals surface area contributed by atoms with Crippen LogP contribution in [0.3, 0.4) is 0 Å². The molecule has 0 aromatic carbocycles. The summed E-state index contributed by atoms with van der Waals surface area (Å²) in [4.78, 5) is 12.1. The smallest absolute Gasteiger partial charge is 0.315 e. The van der Waals surface area contributed by atoms with Gasteiger partial charge in [-0.25, -0.2) is 4.79 Å². The lowest BCUT2D eigenvalue weighted by molar-refractivity contribution is 0.159. The highest BCUT2D eigenvalue weighted by atomic mass is 16.3. The number of amides is 2. The SMILES string of the molecule is CC(NC(=O)NC1(CO)CCCC1)C1CCCCC1. The quantitative estimate of drug-likeness (QED) is 0.734. The first-order valence-electron chi connectivity index (χ1n) is 7.85. The number of nitrogens with one attached hydrogen (secondary N) is 2. The molecule has 2 amide bonds. The number of rotatable bonds is 4. The van der Waals surface area contributed by atoms with Crippen molar-refractivity contribution in [2.24, 2.45) is 5.92 Å². The van der Waals surface area contributed by atoms with E-state index in [-0.39, 0.29) is 24.2 Å². The highest BCUT2D eigenvalue weighted by molar-refractivity contribution is 5.75. The lowest BCUT2D eigenvalue weighted by Gasteiger charge is -2.32. The third-order valence-electron chi connectivity index (χ3n) is 4.96. The topological polar surface area (TPSA) is 61.4 Å². The Morgan fingerprint density at radius 1 is 1.21 bits per heavy atom. The number of aliphatic hydroxyl groups excluding tert-OH is 1. The zero-order valence-electron chi connectivity index (χ0n) is 12.1. The average molecular weight is 268 g/mol. The third kappa shape index (κ3) is 3.85. The predicted octanol–water partition coefficient (Wildman–Crippen LogP) is 2.56. The van der Waals surface area contributed by atoms with Crippen LogP contribution in [0, 0.1) is 5.92 Å². The second kappa shape index (κ2) is 6.60. The van der Waals surface area contributed by atoms with Gasteiger partial charge in [0.05, 0.1) is 12.1 Å². The van der Waals surface area contributed by atoms with Crippen molar-refractivity contribution >= 4 is 6.03 Å².